The molecule has 24 heavy (non-hydrogen) atoms. The van der Waals surface area contributed by atoms with Crippen LogP contribution >= 0.6 is 0 Å². The summed E-state index contributed by atoms with van der Waals surface area (Å²) in [5, 5.41) is 24.8. The fourth-order valence-corrected chi connectivity index (χ4v) is 3.01. The molecule has 3 rings (SSSR count). The Morgan fingerprint density at radius 2 is 2.00 bits per heavy atom. The molecule has 1 aliphatic rings. The van der Waals surface area contributed by atoms with Crippen molar-refractivity contribution in [3.05, 3.63) is 40.7 Å². The number of benzene rings is 1. The average Bonchev–Trinajstić information content (AvgIpc) is 3.04. The second-order valence-corrected chi connectivity index (χ2v) is 6.25. The molecule has 1 N–H and O–H groups in total. The maximum absolute atomic E-state index is 10.7. The van der Waals surface area contributed by atoms with E-state index in [2.05, 4.69) is 15.0 Å². The number of nitro benzene ring substituents is 1. The minimum Gasteiger partial charge on any atom is -0.393 e. The fourth-order valence-electron chi connectivity index (χ4n) is 3.01. The average molecular weight is 331 g/mol. The van der Waals surface area contributed by atoms with Gasteiger partial charge in [-0.3, -0.25) is 15.0 Å². The Morgan fingerprint density at radius 1 is 1.33 bits per heavy atom. The number of aromatic nitrogens is 3. The normalized spacial score (nSPS) is 17.8. The van der Waals surface area contributed by atoms with E-state index >= 15 is 0 Å². The van der Waals surface area contributed by atoms with E-state index < -0.39 is 4.92 Å². The van der Waals surface area contributed by atoms with Crippen LogP contribution in [0.15, 0.2) is 30.6 Å². The van der Waals surface area contributed by atoms with Crippen molar-refractivity contribution >= 4 is 5.69 Å². The molecule has 8 nitrogen and oxygen atoms in total. The maximum Gasteiger partial charge on any atom is 0.269 e. The van der Waals surface area contributed by atoms with Gasteiger partial charge in [-0.05, 0) is 37.8 Å². The zero-order valence-electron chi connectivity index (χ0n) is 13.6. The van der Waals surface area contributed by atoms with Crippen LogP contribution in [0.2, 0.25) is 0 Å². The first-order chi connectivity index (χ1) is 11.5. The second-order valence-electron chi connectivity index (χ2n) is 6.25. The molecule has 1 fully saturated rings. The van der Waals surface area contributed by atoms with Crippen molar-refractivity contribution in [2.45, 2.75) is 32.5 Å². The standard InChI is InChI=1S/C16H21N5O3/c1-12(22)13-6-8-19(9-7-13)11-20-10-17-16(18-20)14-2-4-15(5-3-14)21(23)24/h2-5,10,12-13,22H,6-9,11H2,1H3. The third kappa shape index (κ3) is 3.77. The monoisotopic (exact) mass is 331 g/mol. The minimum absolute atomic E-state index is 0.0548. The van der Waals surface area contributed by atoms with Crippen LogP contribution < -0.4 is 0 Å². The van der Waals surface area contributed by atoms with Gasteiger partial charge in [0, 0.05) is 30.8 Å². The molecular weight excluding hydrogens is 310 g/mol. The molecule has 1 saturated heterocycles. The highest BCUT2D eigenvalue weighted by Crippen LogP contribution is 2.22. The van der Waals surface area contributed by atoms with Gasteiger partial charge in [0.2, 0.25) is 0 Å². The second kappa shape index (κ2) is 7.06. The van der Waals surface area contributed by atoms with E-state index in [0.717, 1.165) is 31.5 Å². The van der Waals surface area contributed by atoms with Gasteiger partial charge in [0.25, 0.3) is 5.69 Å². The molecule has 0 bridgehead atoms. The van der Waals surface area contributed by atoms with Gasteiger partial charge in [-0.25, -0.2) is 9.67 Å². The van der Waals surface area contributed by atoms with Gasteiger partial charge in [-0.15, -0.1) is 5.10 Å². The van der Waals surface area contributed by atoms with Crippen molar-refractivity contribution in [3.63, 3.8) is 0 Å². The number of hydrogen-bond donors (Lipinski definition) is 1. The van der Waals surface area contributed by atoms with Crippen molar-refractivity contribution in [3.8, 4) is 11.4 Å². The molecule has 2 aromatic rings. The molecule has 0 spiro atoms. The minimum atomic E-state index is -0.424. The fraction of sp³-hybridized carbons (Fsp3) is 0.500. The Balaban J connectivity index is 1.61. The summed E-state index contributed by atoms with van der Waals surface area (Å²) in [5.74, 6) is 0.941. The molecule has 8 heteroatoms. The van der Waals surface area contributed by atoms with Crippen LogP contribution in [0.1, 0.15) is 19.8 Å². The van der Waals surface area contributed by atoms with Crippen LogP contribution in [0.25, 0.3) is 11.4 Å². The summed E-state index contributed by atoms with van der Waals surface area (Å²) in [6.07, 6.45) is 3.41. The Bertz CT molecular complexity index is 690. The Morgan fingerprint density at radius 3 is 2.58 bits per heavy atom. The molecule has 0 radical (unpaired) electrons. The summed E-state index contributed by atoms with van der Waals surface area (Å²) < 4.78 is 1.78. The summed E-state index contributed by atoms with van der Waals surface area (Å²) in [7, 11) is 0. The van der Waals surface area contributed by atoms with Gasteiger partial charge >= 0.3 is 0 Å². The predicted octanol–water partition coefficient (Wildman–Crippen LogP) is 1.90. The lowest BCUT2D eigenvalue weighted by Gasteiger charge is -2.32. The molecule has 0 saturated carbocycles. The lowest BCUT2D eigenvalue weighted by molar-refractivity contribution is -0.384. The lowest BCUT2D eigenvalue weighted by atomic mass is 9.92. The van der Waals surface area contributed by atoms with Crippen molar-refractivity contribution in [2.24, 2.45) is 5.92 Å². The summed E-state index contributed by atoms with van der Waals surface area (Å²) in [4.78, 5) is 16.8. The summed E-state index contributed by atoms with van der Waals surface area (Å²) in [6.45, 7) is 4.38. The lowest BCUT2D eigenvalue weighted by Crippen LogP contribution is -2.38. The van der Waals surface area contributed by atoms with Crippen LogP contribution in [0.4, 0.5) is 5.69 Å². The Hall–Kier alpha value is -2.32. The first kappa shape index (κ1) is 16.5. The van der Waals surface area contributed by atoms with Crippen molar-refractivity contribution in [2.75, 3.05) is 13.1 Å². The largest absolute Gasteiger partial charge is 0.393 e. The number of piperidine rings is 1. The number of nitro groups is 1. The van der Waals surface area contributed by atoms with E-state index in [1.165, 1.54) is 12.1 Å². The highest BCUT2D eigenvalue weighted by Gasteiger charge is 2.22. The van der Waals surface area contributed by atoms with E-state index in [1.807, 2.05) is 6.92 Å². The van der Waals surface area contributed by atoms with Gasteiger partial charge in [0.1, 0.15) is 6.33 Å². The molecule has 0 aliphatic carbocycles. The van der Waals surface area contributed by atoms with E-state index in [4.69, 9.17) is 0 Å². The predicted molar refractivity (Wildman–Crippen MR) is 88.1 cm³/mol. The van der Waals surface area contributed by atoms with Crippen molar-refractivity contribution in [1.82, 2.24) is 19.7 Å². The van der Waals surface area contributed by atoms with Crippen LogP contribution in [0.3, 0.4) is 0 Å². The van der Waals surface area contributed by atoms with Gasteiger partial charge in [-0.2, -0.15) is 0 Å². The molecule has 1 aliphatic heterocycles. The summed E-state index contributed by atoms with van der Waals surface area (Å²) in [5.41, 5.74) is 0.811. The number of likely N-dealkylation sites (tertiary alicyclic amines) is 1. The third-order valence-electron chi connectivity index (χ3n) is 4.53. The Kier molecular flexibility index (Phi) is 4.86. The number of aliphatic hydroxyl groups is 1. The molecule has 1 aromatic heterocycles. The zero-order chi connectivity index (χ0) is 17.1. The van der Waals surface area contributed by atoms with Gasteiger partial charge in [-0.1, -0.05) is 0 Å². The van der Waals surface area contributed by atoms with E-state index in [0.29, 0.717) is 18.4 Å². The number of aliphatic hydroxyl groups excluding tert-OH is 1. The van der Waals surface area contributed by atoms with Crippen LogP contribution in [-0.2, 0) is 6.67 Å². The maximum atomic E-state index is 10.7. The molecule has 2 heterocycles. The van der Waals surface area contributed by atoms with E-state index in [-0.39, 0.29) is 11.8 Å². The molecule has 1 aromatic carbocycles. The van der Waals surface area contributed by atoms with Crippen molar-refractivity contribution < 1.29 is 10.0 Å². The highest BCUT2D eigenvalue weighted by molar-refractivity contribution is 5.56. The van der Waals surface area contributed by atoms with Gasteiger partial charge in [0.15, 0.2) is 5.82 Å². The first-order valence-corrected chi connectivity index (χ1v) is 8.07. The molecular formula is C16H21N5O3. The van der Waals surface area contributed by atoms with Crippen LogP contribution in [0, 0.1) is 16.0 Å². The molecule has 0 amide bonds. The van der Waals surface area contributed by atoms with Crippen LogP contribution in [-0.4, -0.2) is 48.9 Å². The molecule has 1 atom stereocenters. The smallest absolute Gasteiger partial charge is 0.269 e. The van der Waals surface area contributed by atoms with Gasteiger partial charge in [0.05, 0.1) is 17.7 Å². The summed E-state index contributed by atoms with van der Waals surface area (Å²) in [6, 6.07) is 6.23. The zero-order valence-corrected chi connectivity index (χ0v) is 13.6. The number of rotatable bonds is 5. The SMILES string of the molecule is CC(O)C1CCN(Cn2cnc(-c3ccc([N+](=O)[O-])cc3)n2)CC1. The Labute approximate surface area is 139 Å². The van der Waals surface area contributed by atoms with Crippen molar-refractivity contribution in [1.29, 1.82) is 0 Å². The quantitative estimate of drug-likeness (QED) is 0.664. The van der Waals surface area contributed by atoms with E-state index in [9.17, 15) is 15.2 Å². The highest BCUT2D eigenvalue weighted by atomic mass is 16.6. The molecule has 128 valence electrons. The topological polar surface area (TPSA) is 97.3 Å². The van der Waals surface area contributed by atoms with Gasteiger partial charge < -0.3 is 5.11 Å². The van der Waals surface area contributed by atoms with E-state index in [1.54, 1.807) is 23.1 Å². The number of non-ortho nitro benzene ring substituents is 1. The number of nitrogens with zero attached hydrogens (tertiary/aromatic N) is 5. The molecule has 1 unspecified atom stereocenters. The third-order valence-corrected chi connectivity index (χ3v) is 4.53. The number of hydrogen-bond acceptors (Lipinski definition) is 6. The first-order valence-electron chi connectivity index (χ1n) is 8.07. The summed E-state index contributed by atoms with van der Waals surface area (Å²) >= 11 is 0. The van der Waals surface area contributed by atoms with Crippen LogP contribution in [0.5, 0.6) is 0 Å².